The monoisotopic (exact) mass is 559 g/mol. The first-order valence-electron chi connectivity index (χ1n) is 11.8. The Labute approximate surface area is 224 Å². The highest BCUT2D eigenvalue weighted by Gasteiger charge is 2.44. The SMILES string of the molecule is COc1cccc(OC)c1-n1c(NS(=O)(=O)[C@@H](C)[C@H](C)c2ncc(C)cn2)nnc1C(F)(F)c1ccccn1. The Bertz CT molecular complexity index is 1530. The fourth-order valence-electron chi connectivity index (χ4n) is 3.82. The van der Waals surface area contributed by atoms with Gasteiger partial charge in [0.2, 0.25) is 21.8 Å². The van der Waals surface area contributed by atoms with Crippen molar-refractivity contribution in [2.45, 2.75) is 37.9 Å². The summed E-state index contributed by atoms with van der Waals surface area (Å²) in [5.41, 5.74) is 0.179. The number of benzene rings is 1. The number of hydrogen-bond acceptors (Lipinski definition) is 9. The first kappa shape index (κ1) is 27.8. The van der Waals surface area contributed by atoms with Crippen molar-refractivity contribution in [1.29, 1.82) is 0 Å². The van der Waals surface area contributed by atoms with Crippen LogP contribution >= 0.6 is 0 Å². The van der Waals surface area contributed by atoms with Crippen LogP contribution in [0, 0.1) is 6.92 Å². The average molecular weight is 560 g/mol. The van der Waals surface area contributed by atoms with Crippen LogP contribution < -0.4 is 14.2 Å². The molecule has 1 aromatic carbocycles. The van der Waals surface area contributed by atoms with E-state index >= 15 is 8.78 Å². The van der Waals surface area contributed by atoms with Gasteiger partial charge in [0, 0.05) is 24.5 Å². The molecule has 1 N–H and O–H groups in total. The minimum Gasteiger partial charge on any atom is -0.494 e. The van der Waals surface area contributed by atoms with E-state index < -0.39 is 44.6 Å². The molecule has 0 amide bonds. The second-order valence-electron chi connectivity index (χ2n) is 8.74. The third kappa shape index (κ3) is 5.37. The molecule has 4 aromatic rings. The Morgan fingerprint density at radius 3 is 2.15 bits per heavy atom. The number of rotatable bonds is 10. The molecule has 14 heteroatoms. The van der Waals surface area contributed by atoms with Crippen LogP contribution in [-0.2, 0) is 15.9 Å². The van der Waals surface area contributed by atoms with Crippen LogP contribution in [0.5, 0.6) is 11.5 Å². The standard InChI is InChI=1S/C25H27F2N7O4S/c1-15-13-29-22(30-14-15)16(2)17(3)39(35,36)33-24-32-31-23(25(26,27)20-11-6-7-12-28-20)34(24)21-18(37-4)9-8-10-19(21)38-5/h6-14,16-17H,1-5H3,(H,32,33)/t16-,17-/m0/s1. The highest BCUT2D eigenvalue weighted by atomic mass is 32.2. The number of halogens is 2. The second-order valence-corrected chi connectivity index (χ2v) is 10.8. The maximum absolute atomic E-state index is 15.8. The first-order valence-corrected chi connectivity index (χ1v) is 13.3. The Hall–Kier alpha value is -4.20. The van der Waals surface area contributed by atoms with Gasteiger partial charge in [-0.15, -0.1) is 10.2 Å². The summed E-state index contributed by atoms with van der Waals surface area (Å²) < 4.78 is 72.7. The van der Waals surface area contributed by atoms with Crippen molar-refractivity contribution in [2.24, 2.45) is 0 Å². The van der Waals surface area contributed by atoms with E-state index in [2.05, 4.69) is 29.9 Å². The summed E-state index contributed by atoms with van der Waals surface area (Å²) in [5.74, 6) is -5.28. The molecule has 0 aliphatic carbocycles. The van der Waals surface area contributed by atoms with Gasteiger partial charge in [-0.25, -0.2) is 18.4 Å². The average Bonchev–Trinajstić information content (AvgIpc) is 3.35. The van der Waals surface area contributed by atoms with Crippen LogP contribution in [-0.4, -0.2) is 57.6 Å². The summed E-state index contributed by atoms with van der Waals surface area (Å²) in [6, 6.07) is 8.65. The zero-order valence-electron chi connectivity index (χ0n) is 21.8. The van der Waals surface area contributed by atoms with Crippen LogP contribution in [0.3, 0.4) is 0 Å². The molecule has 0 saturated carbocycles. The molecule has 206 valence electrons. The molecular weight excluding hydrogens is 532 g/mol. The van der Waals surface area contributed by atoms with Gasteiger partial charge in [0.1, 0.15) is 28.7 Å². The number of aryl methyl sites for hydroxylation is 1. The minimum absolute atomic E-state index is 0.0293. The molecule has 11 nitrogen and oxygen atoms in total. The number of nitrogens with zero attached hydrogens (tertiary/aromatic N) is 6. The highest BCUT2D eigenvalue weighted by molar-refractivity contribution is 7.93. The molecular formula is C25H27F2N7O4S. The topological polar surface area (TPSA) is 134 Å². The lowest BCUT2D eigenvalue weighted by atomic mass is 10.1. The number of sulfonamides is 1. The van der Waals surface area contributed by atoms with Gasteiger partial charge in [-0.2, -0.15) is 8.78 Å². The van der Waals surface area contributed by atoms with Crippen molar-refractivity contribution in [2.75, 3.05) is 18.9 Å². The van der Waals surface area contributed by atoms with Crippen molar-refractivity contribution < 1.29 is 26.7 Å². The number of alkyl halides is 2. The Morgan fingerprint density at radius 2 is 1.59 bits per heavy atom. The zero-order valence-corrected chi connectivity index (χ0v) is 22.6. The third-order valence-corrected chi connectivity index (χ3v) is 8.05. The van der Waals surface area contributed by atoms with E-state index in [9.17, 15) is 8.42 Å². The number of ether oxygens (including phenoxy) is 2. The smallest absolute Gasteiger partial charge is 0.348 e. The van der Waals surface area contributed by atoms with Crippen LogP contribution in [0.2, 0.25) is 0 Å². The number of hydrogen-bond donors (Lipinski definition) is 1. The maximum atomic E-state index is 15.8. The molecule has 0 radical (unpaired) electrons. The van der Waals surface area contributed by atoms with E-state index in [1.54, 1.807) is 25.4 Å². The number of methoxy groups -OCH3 is 2. The molecule has 3 aromatic heterocycles. The van der Waals surface area contributed by atoms with Crippen LogP contribution in [0.1, 0.15) is 42.7 Å². The molecule has 0 saturated heterocycles. The first-order chi connectivity index (χ1) is 18.5. The summed E-state index contributed by atoms with van der Waals surface area (Å²) in [4.78, 5) is 12.2. The van der Waals surface area contributed by atoms with Gasteiger partial charge in [0.05, 0.1) is 19.5 Å². The molecule has 2 atom stereocenters. The quantitative estimate of drug-likeness (QED) is 0.307. The molecule has 0 spiro atoms. The van der Waals surface area contributed by atoms with E-state index in [-0.39, 0.29) is 17.2 Å². The number of anilines is 1. The normalized spacial score (nSPS) is 13.5. The van der Waals surface area contributed by atoms with Crippen molar-refractivity contribution in [1.82, 2.24) is 29.7 Å². The van der Waals surface area contributed by atoms with E-state index in [1.165, 1.54) is 51.6 Å². The molecule has 4 rings (SSSR count). The molecule has 0 aliphatic heterocycles. The molecule has 3 heterocycles. The summed E-state index contributed by atoms with van der Waals surface area (Å²) in [6.07, 6.45) is 4.39. The van der Waals surface area contributed by atoms with Gasteiger partial charge in [-0.3, -0.25) is 14.3 Å². The lowest BCUT2D eigenvalue weighted by Crippen LogP contribution is -2.32. The predicted octanol–water partition coefficient (Wildman–Crippen LogP) is 3.85. The largest absolute Gasteiger partial charge is 0.494 e. The lowest BCUT2D eigenvalue weighted by molar-refractivity contribution is 0.0262. The van der Waals surface area contributed by atoms with Crippen molar-refractivity contribution in [3.63, 3.8) is 0 Å². The maximum Gasteiger partial charge on any atom is 0.348 e. The Morgan fingerprint density at radius 1 is 0.949 bits per heavy atom. The van der Waals surface area contributed by atoms with Gasteiger partial charge < -0.3 is 9.47 Å². The van der Waals surface area contributed by atoms with E-state index in [0.29, 0.717) is 5.82 Å². The Balaban J connectivity index is 1.86. The number of nitrogens with one attached hydrogen (secondary N) is 1. The minimum atomic E-state index is -4.23. The van der Waals surface area contributed by atoms with Crippen molar-refractivity contribution in [3.05, 3.63) is 77.9 Å². The molecule has 0 bridgehead atoms. The van der Waals surface area contributed by atoms with E-state index in [1.807, 2.05) is 6.92 Å². The van der Waals surface area contributed by atoms with Gasteiger partial charge in [0.15, 0.2) is 0 Å². The molecule has 0 unspecified atom stereocenters. The fraction of sp³-hybridized carbons (Fsp3) is 0.320. The van der Waals surface area contributed by atoms with Gasteiger partial charge in [-0.1, -0.05) is 19.1 Å². The number of pyridine rings is 1. The molecule has 0 fully saturated rings. The van der Waals surface area contributed by atoms with Gasteiger partial charge >= 0.3 is 5.92 Å². The fourth-order valence-corrected chi connectivity index (χ4v) is 5.05. The summed E-state index contributed by atoms with van der Waals surface area (Å²) in [6.45, 7) is 4.93. The summed E-state index contributed by atoms with van der Waals surface area (Å²) in [5, 5.41) is 6.45. The zero-order chi connectivity index (χ0) is 28.4. The molecule has 0 aliphatic rings. The highest BCUT2D eigenvalue weighted by Crippen LogP contribution is 2.41. The number of aromatic nitrogens is 6. The van der Waals surface area contributed by atoms with Crippen LogP contribution in [0.4, 0.5) is 14.7 Å². The Kier molecular flexibility index (Phi) is 7.77. The summed E-state index contributed by atoms with van der Waals surface area (Å²) in [7, 11) is -1.55. The van der Waals surface area contributed by atoms with E-state index in [4.69, 9.17) is 9.47 Å². The van der Waals surface area contributed by atoms with Gasteiger partial charge in [0.25, 0.3) is 0 Å². The van der Waals surface area contributed by atoms with Crippen molar-refractivity contribution in [3.8, 4) is 17.2 Å². The predicted molar refractivity (Wildman–Crippen MR) is 139 cm³/mol. The third-order valence-electron chi connectivity index (χ3n) is 6.19. The van der Waals surface area contributed by atoms with Crippen LogP contribution in [0.15, 0.2) is 55.0 Å². The van der Waals surface area contributed by atoms with Crippen molar-refractivity contribution >= 4 is 16.0 Å². The lowest BCUT2D eigenvalue weighted by Gasteiger charge is -2.22. The summed E-state index contributed by atoms with van der Waals surface area (Å²) >= 11 is 0. The van der Waals surface area contributed by atoms with E-state index in [0.717, 1.165) is 16.2 Å². The van der Waals surface area contributed by atoms with Crippen LogP contribution in [0.25, 0.3) is 5.69 Å². The number of para-hydroxylation sites is 1. The molecule has 39 heavy (non-hydrogen) atoms. The van der Waals surface area contributed by atoms with Gasteiger partial charge in [-0.05, 0) is 43.7 Å². The second kappa shape index (κ2) is 10.9.